The van der Waals surface area contributed by atoms with Gasteiger partial charge in [-0.1, -0.05) is 45.2 Å². The van der Waals surface area contributed by atoms with Crippen molar-refractivity contribution < 1.29 is 31.4 Å². The molecule has 188 valence electrons. The first-order chi connectivity index (χ1) is 15.6. The minimum Gasteiger partial charge on any atom is -0.381 e. The third-order valence-corrected chi connectivity index (χ3v) is 7.70. The van der Waals surface area contributed by atoms with E-state index in [4.69, 9.17) is 9.47 Å². The predicted octanol–water partition coefficient (Wildman–Crippen LogP) is 6.79. The van der Waals surface area contributed by atoms with Crippen molar-refractivity contribution in [2.75, 3.05) is 19.8 Å². The van der Waals surface area contributed by atoms with E-state index < -0.39 is 42.3 Å². The van der Waals surface area contributed by atoms with Crippen molar-refractivity contribution in [3.05, 3.63) is 29.1 Å². The molecule has 0 bridgehead atoms. The van der Waals surface area contributed by atoms with Crippen LogP contribution in [0.3, 0.4) is 0 Å². The molecule has 1 aromatic carbocycles. The largest absolute Gasteiger partial charge is 0.381 e. The second-order valence-electron chi connectivity index (χ2n) is 8.98. The van der Waals surface area contributed by atoms with Crippen molar-refractivity contribution in [1.82, 2.24) is 0 Å². The van der Waals surface area contributed by atoms with Crippen LogP contribution >= 0.6 is 0 Å². The molecular formula is C25H37F5O2Si. The van der Waals surface area contributed by atoms with Gasteiger partial charge in [0.2, 0.25) is 5.82 Å². The van der Waals surface area contributed by atoms with Crippen LogP contribution in [0.2, 0.25) is 13.1 Å². The van der Waals surface area contributed by atoms with E-state index in [0.717, 1.165) is 71.2 Å². The molecule has 0 radical (unpaired) electrons. The molecule has 0 atom stereocenters. The van der Waals surface area contributed by atoms with Gasteiger partial charge < -0.3 is 9.47 Å². The van der Waals surface area contributed by atoms with Crippen LogP contribution in [0.4, 0.5) is 22.0 Å². The molecule has 0 amide bonds. The van der Waals surface area contributed by atoms with Gasteiger partial charge in [0.1, 0.15) is 0 Å². The maximum absolute atomic E-state index is 14.1. The van der Waals surface area contributed by atoms with Crippen LogP contribution < -0.4 is 5.19 Å². The van der Waals surface area contributed by atoms with Crippen molar-refractivity contribution in [2.45, 2.75) is 90.8 Å². The smallest absolute Gasteiger partial charge is 0.200 e. The zero-order valence-corrected chi connectivity index (χ0v) is 21.3. The molecule has 0 aromatic heterocycles. The third-order valence-electron chi connectivity index (χ3n) is 5.21. The van der Waals surface area contributed by atoms with Crippen LogP contribution in [-0.4, -0.2) is 34.0 Å². The highest BCUT2D eigenvalue weighted by Crippen LogP contribution is 2.19. The minimum absolute atomic E-state index is 0.262. The molecule has 0 aliphatic carbocycles. The number of hydrogen-bond acceptors (Lipinski definition) is 2. The lowest BCUT2D eigenvalue weighted by molar-refractivity contribution is 0.0507. The Labute approximate surface area is 196 Å². The first kappa shape index (κ1) is 29.6. The molecule has 0 heterocycles. The number of rotatable bonds is 15. The van der Waals surface area contributed by atoms with E-state index in [1.807, 2.05) is 13.8 Å². The summed E-state index contributed by atoms with van der Waals surface area (Å²) in [5, 5.41) is -0.751. The summed E-state index contributed by atoms with van der Waals surface area (Å²) in [6.45, 7) is 9.26. The van der Waals surface area contributed by atoms with E-state index in [2.05, 4.69) is 11.5 Å². The summed E-state index contributed by atoms with van der Waals surface area (Å²) in [6.07, 6.45) is 9.08. The summed E-state index contributed by atoms with van der Waals surface area (Å²) in [5.41, 5.74) is 2.81. The molecule has 0 saturated carbocycles. The molecule has 0 N–H and O–H groups in total. The monoisotopic (exact) mass is 492 g/mol. The standard InChI is InChI=1S/C25H37F5O2Si/c1-19(2)32-17-14-16-31-15-12-10-8-6-5-7-9-11-13-18-33(3,4)25-23(29)21(27)20(26)22(28)24(25)30/h19H,5-12,14-17H2,1-4H3. The molecule has 1 rings (SSSR count). The predicted molar refractivity (Wildman–Crippen MR) is 125 cm³/mol. The highest BCUT2D eigenvalue weighted by atomic mass is 28.3. The van der Waals surface area contributed by atoms with E-state index in [0.29, 0.717) is 6.42 Å². The molecule has 8 heteroatoms. The fraction of sp³-hybridized carbons (Fsp3) is 0.680. The van der Waals surface area contributed by atoms with Crippen molar-refractivity contribution >= 4 is 13.3 Å². The molecule has 0 spiro atoms. The summed E-state index contributed by atoms with van der Waals surface area (Å²) in [7, 11) is -3.14. The van der Waals surface area contributed by atoms with Gasteiger partial charge in [0.25, 0.3) is 0 Å². The van der Waals surface area contributed by atoms with Gasteiger partial charge in [0, 0.05) is 31.4 Å². The lowest BCUT2D eigenvalue weighted by Crippen LogP contribution is -2.46. The maximum atomic E-state index is 14.1. The van der Waals surface area contributed by atoms with Crippen LogP contribution in [0.25, 0.3) is 0 Å². The third kappa shape index (κ3) is 10.6. The SMILES string of the molecule is CC(C)OCCCOCCCCCCCCCC#C[Si](C)(C)c1c(F)c(F)c(F)c(F)c1F. The van der Waals surface area contributed by atoms with Gasteiger partial charge in [-0.2, -0.15) is 0 Å². The second kappa shape index (κ2) is 15.5. The molecule has 0 aliphatic heterocycles. The summed E-state index contributed by atoms with van der Waals surface area (Å²) in [6, 6.07) is 0. The number of ether oxygens (including phenoxy) is 2. The van der Waals surface area contributed by atoms with Crippen LogP contribution in [0, 0.1) is 40.6 Å². The maximum Gasteiger partial charge on any atom is 0.200 e. The van der Waals surface area contributed by atoms with E-state index in [1.54, 1.807) is 0 Å². The number of hydrogen-bond donors (Lipinski definition) is 0. The van der Waals surface area contributed by atoms with Gasteiger partial charge in [0.05, 0.1) is 6.10 Å². The Morgan fingerprint density at radius 2 is 1.15 bits per heavy atom. The van der Waals surface area contributed by atoms with E-state index in [1.165, 1.54) is 13.1 Å². The topological polar surface area (TPSA) is 18.5 Å². The Morgan fingerprint density at radius 1 is 0.667 bits per heavy atom. The summed E-state index contributed by atoms with van der Waals surface area (Å²) in [4.78, 5) is 0. The fourth-order valence-corrected chi connectivity index (χ4v) is 5.39. The zero-order valence-electron chi connectivity index (χ0n) is 20.3. The molecule has 1 aromatic rings. The van der Waals surface area contributed by atoms with Crippen molar-refractivity contribution in [3.8, 4) is 11.5 Å². The first-order valence-electron chi connectivity index (χ1n) is 11.8. The molecule has 0 unspecified atom stereocenters. The van der Waals surface area contributed by atoms with Gasteiger partial charge in [-0.05, 0) is 33.1 Å². The summed E-state index contributed by atoms with van der Waals surface area (Å²) < 4.78 is 79.3. The van der Waals surface area contributed by atoms with Crippen LogP contribution in [0.15, 0.2) is 0 Å². The van der Waals surface area contributed by atoms with Gasteiger partial charge in [-0.3, -0.25) is 0 Å². The molecule has 0 aliphatic rings. The van der Waals surface area contributed by atoms with E-state index in [-0.39, 0.29) is 6.10 Å². The Morgan fingerprint density at radius 3 is 1.73 bits per heavy atom. The van der Waals surface area contributed by atoms with Crippen LogP contribution in [0.5, 0.6) is 0 Å². The normalized spacial score (nSPS) is 11.7. The lowest BCUT2D eigenvalue weighted by Gasteiger charge is -2.18. The fourth-order valence-electron chi connectivity index (χ4n) is 3.38. The molecule has 0 fully saturated rings. The first-order valence-corrected chi connectivity index (χ1v) is 14.8. The van der Waals surface area contributed by atoms with Gasteiger partial charge in [-0.15, -0.1) is 11.5 Å². The highest BCUT2D eigenvalue weighted by molar-refractivity contribution is 6.96. The molecule has 0 saturated heterocycles. The Kier molecular flexibility index (Phi) is 13.9. The molecular weight excluding hydrogens is 455 g/mol. The summed E-state index contributed by atoms with van der Waals surface area (Å²) >= 11 is 0. The number of halogens is 5. The van der Waals surface area contributed by atoms with Crippen LogP contribution in [-0.2, 0) is 9.47 Å². The number of unbranched alkanes of at least 4 members (excludes halogenated alkanes) is 7. The summed E-state index contributed by atoms with van der Waals surface area (Å²) in [5.74, 6) is -6.58. The zero-order chi connectivity index (χ0) is 24.9. The quantitative estimate of drug-likeness (QED) is 0.0670. The molecule has 2 nitrogen and oxygen atoms in total. The van der Waals surface area contributed by atoms with E-state index in [9.17, 15) is 22.0 Å². The van der Waals surface area contributed by atoms with Crippen molar-refractivity contribution in [3.63, 3.8) is 0 Å². The lowest BCUT2D eigenvalue weighted by atomic mass is 10.1. The van der Waals surface area contributed by atoms with Gasteiger partial charge >= 0.3 is 0 Å². The highest BCUT2D eigenvalue weighted by Gasteiger charge is 2.35. The Bertz CT molecular complexity index is 758. The average Bonchev–Trinajstić information content (AvgIpc) is 2.75. The van der Waals surface area contributed by atoms with Crippen molar-refractivity contribution in [2.24, 2.45) is 0 Å². The van der Waals surface area contributed by atoms with Gasteiger partial charge in [0.15, 0.2) is 31.3 Å². The number of benzene rings is 1. The minimum atomic E-state index is -3.14. The van der Waals surface area contributed by atoms with Crippen LogP contribution in [0.1, 0.15) is 71.6 Å². The average molecular weight is 493 g/mol. The Hall–Kier alpha value is -1.43. The molecule has 33 heavy (non-hydrogen) atoms. The van der Waals surface area contributed by atoms with Gasteiger partial charge in [-0.25, -0.2) is 22.0 Å². The van der Waals surface area contributed by atoms with E-state index >= 15 is 0 Å². The second-order valence-corrected chi connectivity index (χ2v) is 13.0. The van der Waals surface area contributed by atoms with Crippen molar-refractivity contribution in [1.29, 1.82) is 0 Å². The Balaban J connectivity index is 2.20.